The Kier molecular flexibility index (Phi) is 2.96. The van der Waals surface area contributed by atoms with Gasteiger partial charge in [0.25, 0.3) is 0 Å². The van der Waals surface area contributed by atoms with E-state index in [-0.39, 0.29) is 17.2 Å². The fourth-order valence-electron chi connectivity index (χ4n) is 1.20. The number of phenols is 2. The molecule has 0 bridgehead atoms. The van der Waals surface area contributed by atoms with E-state index < -0.39 is 5.97 Å². The number of carbonyl (C=O) groups is 1. The Morgan fingerprint density at radius 3 is 2.21 bits per heavy atom. The highest BCUT2D eigenvalue weighted by Crippen LogP contribution is 2.32. The zero-order valence-electron chi connectivity index (χ0n) is 8.07. The van der Waals surface area contributed by atoms with Crippen molar-refractivity contribution in [3.63, 3.8) is 0 Å². The molecule has 0 radical (unpaired) electrons. The van der Waals surface area contributed by atoms with Crippen LogP contribution in [0.2, 0.25) is 0 Å². The number of aromatic hydroxyl groups is 2. The number of ether oxygens (including phenoxy) is 1. The van der Waals surface area contributed by atoms with Gasteiger partial charge in [-0.05, 0) is 6.42 Å². The average molecular weight is 196 g/mol. The summed E-state index contributed by atoms with van der Waals surface area (Å²) in [5.74, 6) is -0.481. The molecule has 1 aromatic carbocycles. The fourth-order valence-corrected chi connectivity index (χ4v) is 1.20. The molecule has 14 heavy (non-hydrogen) atoms. The molecule has 0 heterocycles. The minimum atomic E-state index is -0.493. The Morgan fingerprint density at radius 2 is 1.86 bits per heavy atom. The highest BCUT2D eigenvalue weighted by atomic mass is 16.5. The van der Waals surface area contributed by atoms with Crippen LogP contribution in [0.15, 0.2) is 12.1 Å². The van der Waals surface area contributed by atoms with Gasteiger partial charge in [0.05, 0.1) is 0 Å². The second-order valence-corrected chi connectivity index (χ2v) is 2.89. The number of phenolic OH excluding ortho intramolecular Hbond substituents is 2. The summed E-state index contributed by atoms with van der Waals surface area (Å²) in [5, 5.41) is 18.9. The van der Waals surface area contributed by atoms with Crippen LogP contribution in [0.5, 0.6) is 17.2 Å². The van der Waals surface area contributed by atoms with Gasteiger partial charge in [0.1, 0.15) is 17.2 Å². The van der Waals surface area contributed by atoms with Crippen molar-refractivity contribution in [2.45, 2.75) is 20.3 Å². The quantitative estimate of drug-likeness (QED) is 0.556. The maximum absolute atomic E-state index is 10.6. The molecule has 0 aliphatic carbocycles. The number of esters is 1. The molecule has 76 valence electrons. The topological polar surface area (TPSA) is 66.8 Å². The van der Waals surface area contributed by atoms with Gasteiger partial charge in [-0.3, -0.25) is 4.79 Å². The van der Waals surface area contributed by atoms with Gasteiger partial charge in [0.2, 0.25) is 0 Å². The second kappa shape index (κ2) is 4.00. The first-order chi connectivity index (χ1) is 6.54. The van der Waals surface area contributed by atoms with E-state index in [4.69, 9.17) is 4.74 Å². The summed E-state index contributed by atoms with van der Waals surface area (Å²) < 4.78 is 4.72. The molecule has 0 saturated carbocycles. The van der Waals surface area contributed by atoms with E-state index in [2.05, 4.69) is 0 Å². The van der Waals surface area contributed by atoms with Crippen LogP contribution in [-0.2, 0) is 11.2 Å². The van der Waals surface area contributed by atoms with E-state index in [0.717, 1.165) is 0 Å². The SMILES string of the molecule is CCc1c(O)cc(OC(C)=O)cc1O. The van der Waals surface area contributed by atoms with Crippen LogP contribution in [0, 0.1) is 0 Å². The van der Waals surface area contributed by atoms with E-state index >= 15 is 0 Å². The minimum Gasteiger partial charge on any atom is -0.507 e. The summed E-state index contributed by atoms with van der Waals surface area (Å²) in [5.41, 5.74) is 0.445. The van der Waals surface area contributed by atoms with Crippen LogP contribution >= 0.6 is 0 Å². The maximum atomic E-state index is 10.6. The predicted molar refractivity (Wildman–Crippen MR) is 50.5 cm³/mol. The van der Waals surface area contributed by atoms with Crippen molar-refractivity contribution in [3.8, 4) is 17.2 Å². The van der Waals surface area contributed by atoms with Crippen molar-refractivity contribution in [1.29, 1.82) is 0 Å². The summed E-state index contributed by atoms with van der Waals surface area (Å²) in [4.78, 5) is 10.6. The Balaban J connectivity index is 3.07. The molecular formula is C10H12O4. The molecular weight excluding hydrogens is 184 g/mol. The van der Waals surface area contributed by atoms with Crippen LogP contribution < -0.4 is 4.74 Å². The van der Waals surface area contributed by atoms with Crippen LogP contribution in [0.4, 0.5) is 0 Å². The van der Waals surface area contributed by atoms with Crippen LogP contribution in [-0.4, -0.2) is 16.2 Å². The monoisotopic (exact) mass is 196 g/mol. The molecule has 1 aromatic rings. The van der Waals surface area contributed by atoms with E-state index in [1.165, 1.54) is 19.1 Å². The second-order valence-electron chi connectivity index (χ2n) is 2.89. The summed E-state index contributed by atoms with van der Waals surface area (Å²) in [6.07, 6.45) is 0.512. The van der Waals surface area contributed by atoms with E-state index in [1.807, 2.05) is 0 Å². The van der Waals surface area contributed by atoms with Crippen LogP contribution in [0.25, 0.3) is 0 Å². The Hall–Kier alpha value is -1.71. The number of hydrogen-bond acceptors (Lipinski definition) is 4. The highest BCUT2D eigenvalue weighted by molar-refractivity contribution is 5.70. The summed E-state index contributed by atoms with van der Waals surface area (Å²) >= 11 is 0. The van der Waals surface area contributed by atoms with Crippen molar-refractivity contribution in [2.75, 3.05) is 0 Å². The van der Waals surface area contributed by atoms with Gasteiger partial charge in [0.15, 0.2) is 0 Å². The number of hydrogen-bond donors (Lipinski definition) is 2. The Morgan fingerprint density at radius 1 is 1.36 bits per heavy atom. The first kappa shape index (κ1) is 10.4. The number of benzene rings is 1. The molecule has 0 saturated heterocycles. The van der Waals surface area contributed by atoms with Crippen molar-refractivity contribution >= 4 is 5.97 Å². The molecule has 4 heteroatoms. The van der Waals surface area contributed by atoms with Gasteiger partial charge in [-0.2, -0.15) is 0 Å². The summed E-state index contributed by atoms with van der Waals surface area (Å²) in [7, 11) is 0. The molecule has 0 aliphatic heterocycles. The molecule has 0 aliphatic rings. The van der Waals surface area contributed by atoms with Gasteiger partial charge < -0.3 is 14.9 Å². The van der Waals surface area contributed by atoms with Gasteiger partial charge in [-0.15, -0.1) is 0 Å². The van der Waals surface area contributed by atoms with Gasteiger partial charge in [-0.25, -0.2) is 0 Å². The molecule has 0 unspecified atom stereocenters. The number of carbonyl (C=O) groups excluding carboxylic acids is 1. The lowest BCUT2D eigenvalue weighted by molar-refractivity contribution is -0.131. The van der Waals surface area contributed by atoms with E-state index in [1.54, 1.807) is 6.92 Å². The summed E-state index contributed by atoms with van der Waals surface area (Å²) in [6.45, 7) is 3.06. The normalized spacial score (nSPS) is 9.86. The fraction of sp³-hybridized carbons (Fsp3) is 0.300. The predicted octanol–water partition coefficient (Wildman–Crippen LogP) is 1.59. The van der Waals surface area contributed by atoms with Gasteiger partial charge in [0, 0.05) is 24.6 Å². The molecule has 0 atom stereocenters. The van der Waals surface area contributed by atoms with Crippen molar-refractivity contribution in [1.82, 2.24) is 0 Å². The van der Waals surface area contributed by atoms with Crippen LogP contribution in [0.1, 0.15) is 19.4 Å². The zero-order valence-corrected chi connectivity index (χ0v) is 8.07. The molecule has 0 spiro atoms. The van der Waals surface area contributed by atoms with Gasteiger partial charge >= 0.3 is 5.97 Å². The van der Waals surface area contributed by atoms with E-state index in [9.17, 15) is 15.0 Å². The molecule has 0 amide bonds. The van der Waals surface area contributed by atoms with Crippen molar-refractivity contribution < 1.29 is 19.7 Å². The highest BCUT2D eigenvalue weighted by Gasteiger charge is 2.09. The third-order valence-electron chi connectivity index (χ3n) is 1.79. The zero-order chi connectivity index (χ0) is 10.7. The third-order valence-corrected chi connectivity index (χ3v) is 1.79. The smallest absolute Gasteiger partial charge is 0.308 e. The lowest BCUT2D eigenvalue weighted by atomic mass is 10.1. The lowest BCUT2D eigenvalue weighted by Gasteiger charge is -2.07. The molecule has 0 aromatic heterocycles. The van der Waals surface area contributed by atoms with Crippen molar-refractivity contribution in [3.05, 3.63) is 17.7 Å². The standard InChI is InChI=1S/C10H12O4/c1-3-8-9(12)4-7(5-10(8)13)14-6(2)11/h4-5,12-13H,3H2,1-2H3. The molecule has 4 nitrogen and oxygen atoms in total. The number of rotatable bonds is 2. The molecule has 0 fully saturated rings. The Labute approximate surface area is 81.8 Å². The van der Waals surface area contributed by atoms with Crippen molar-refractivity contribution in [2.24, 2.45) is 0 Å². The first-order valence-electron chi connectivity index (χ1n) is 4.27. The van der Waals surface area contributed by atoms with E-state index in [0.29, 0.717) is 12.0 Å². The molecule has 2 N–H and O–H groups in total. The average Bonchev–Trinajstić information content (AvgIpc) is 2.01. The van der Waals surface area contributed by atoms with Crippen LogP contribution in [0.3, 0.4) is 0 Å². The first-order valence-corrected chi connectivity index (χ1v) is 4.27. The maximum Gasteiger partial charge on any atom is 0.308 e. The van der Waals surface area contributed by atoms with Gasteiger partial charge in [-0.1, -0.05) is 6.92 Å². The largest absolute Gasteiger partial charge is 0.507 e. The third kappa shape index (κ3) is 2.16. The summed E-state index contributed by atoms with van der Waals surface area (Å²) in [6, 6.07) is 2.61. The lowest BCUT2D eigenvalue weighted by Crippen LogP contribution is -2.01. The minimum absolute atomic E-state index is 0.0660. The Bertz CT molecular complexity index is 334. The molecule has 1 rings (SSSR count).